The number of ether oxygens (including phenoxy) is 2. The van der Waals surface area contributed by atoms with Gasteiger partial charge in [0, 0.05) is 5.69 Å². The molecule has 150 valence electrons. The van der Waals surface area contributed by atoms with Crippen molar-refractivity contribution in [2.24, 2.45) is 0 Å². The van der Waals surface area contributed by atoms with Crippen molar-refractivity contribution in [3.8, 4) is 11.5 Å². The van der Waals surface area contributed by atoms with E-state index in [0.29, 0.717) is 19.0 Å². The van der Waals surface area contributed by atoms with Crippen LogP contribution in [0, 0.1) is 13.8 Å². The zero-order valence-corrected chi connectivity index (χ0v) is 16.8. The fourth-order valence-corrected chi connectivity index (χ4v) is 2.77. The number of carbonyl (C=O) groups is 1. The number of amides is 1. The third kappa shape index (κ3) is 6.28. The Kier molecular flexibility index (Phi) is 7.11. The van der Waals surface area contributed by atoms with Gasteiger partial charge in [-0.2, -0.15) is 0 Å². The molecule has 0 aliphatic rings. The maximum absolute atomic E-state index is 12.3. The quantitative estimate of drug-likeness (QED) is 0.515. The van der Waals surface area contributed by atoms with E-state index < -0.39 is 0 Å². The van der Waals surface area contributed by atoms with Crippen LogP contribution in [-0.4, -0.2) is 25.7 Å². The van der Waals surface area contributed by atoms with E-state index in [-0.39, 0.29) is 12.5 Å². The van der Waals surface area contributed by atoms with Gasteiger partial charge in [-0.1, -0.05) is 36.4 Å². The van der Waals surface area contributed by atoms with Crippen LogP contribution in [0.3, 0.4) is 0 Å². The van der Waals surface area contributed by atoms with Gasteiger partial charge >= 0.3 is 0 Å². The molecule has 0 spiro atoms. The lowest BCUT2D eigenvalue weighted by Gasteiger charge is -2.14. The van der Waals surface area contributed by atoms with Gasteiger partial charge in [-0.05, 0) is 61.4 Å². The largest absolute Gasteiger partial charge is 0.490 e. The molecule has 0 saturated carbocycles. The van der Waals surface area contributed by atoms with Crippen molar-refractivity contribution in [3.63, 3.8) is 0 Å². The number of hydrogen-bond acceptors (Lipinski definition) is 4. The molecule has 5 heteroatoms. The Hall–Kier alpha value is -3.47. The Labute approximate surface area is 171 Å². The molecule has 0 bridgehead atoms. The molecule has 0 fully saturated rings. The molecule has 3 rings (SSSR count). The average Bonchev–Trinajstić information content (AvgIpc) is 2.74. The highest BCUT2D eigenvalue weighted by atomic mass is 16.5. The van der Waals surface area contributed by atoms with Gasteiger partial charge in [0.2, 0.25) is 5.91 Å². The first-order valence-electron chi connectivity index (χ1n) is 9.62. The highest BCUT2D eigenvalue weighted by Gasteiger charge is 2.07. The second kappa shape index (κ2) is 10.2. The Balaban J connectivity index is 1.48. The molecule has 1 amide bonds. The molecule has 3 aromatic carbocycles. The van der Waals surface area contributed by atoms with E-state index in [2.05, 4.69) is 10.6 Å². The van der Waals surface area contributed by atoms with Crippen LogP contribution in [0.2, 0.25) is 0 Å². The molecule has 0 aromatic heterocycles. The van der Waals surface area contributed by atoms with Crippen LogP contribution in [0.1, 0.15) is 11.1 Å². The van der Waals surface area contributed by atoms with Gasteiger partial charge < -0.3 is 20.1 Å². The lowest BCUT2D eigenvalue weighted by molar-refractivity contribution is -0.114. The Bertz CT molecular complexity index is 942. The first-order valence-corrected chi connectivity index (χ1v) is 9.62. The molecule has 0 unspecified atom stereocenters. The van der Waals surface area contributed by atoms with E-state index in [1.807, 2.05) is 86.6 Å². The van der Waals surface area contributed by atoms with Crippen molar-refractivity contribution in [1.82, 2.24) is 0 Å². The van der Waals surface area contributed by atoms with E-state index >= 15 is 0 Å². The van der Waals surface area contributed by atoms with Gasteiger partial charge in [0.25, 0.3) is 0 Å². The second-order valence-electron chi connectivity index (χ2n) is 6.71. The number of carbonyl (C=O) groups excluding carboxylic acids is 1. The topological polar surface area (TPSA) is 59.6 Å². The van der Waals surface area contributed by atoms with Crippen molar-refractivity contribution in [1.29, 1.82) is 0 Å². The number of nitrogens with one attached hydrogen (secondary N) is 2. The molecule has 29 heavy (non-hydrogen) atoms. The number of para-hydroxylation sites is 3. The van der Waals surface area contributed by atoms with Gasteiger partial charge in [-0.25, -0.2) is 0 Å². The van der Waals surface area contributed by atoms with Gasteiger partial charge in [0.1, 0.15) is 24.7 Å². The third-order valence-electron chi connectivity index (χ3n) is 4.47. The summed E-state index contributed by atoms with van der Waals surface area (Å²) in [4.78, 5) is 12.3. The summed E-state index contributed by atoms with van der Waals surface area (Å²) in [5, 5.41) is 6.05. The van der Waals surface area contributed by atoms with Crippen LogP contribution in [0.4, 0.5) is 11.4 Å². The van der Waals surface area contributed by atoms with Gasteiger partial charge in [-0.3, -0.25) is 4.79 Å². The first kappa shape index (κ1) is 20.3. The minimum absolute atomic E-state index is 0.115. The summed E-state index contributed by atoms with van der Waals surface area (Å²) < 4.78 is 11.5. The molecule has 3 aromatic rings. The van der Waals surface area contributed by atoms with Crippen molar-refractivity contribution in [2.75, 3.05) is 30.4 Å². The molecule has 0 aliphatic heterocycles. The minimum atomic E-state index is -0.115. The zero-order chi connectivity index (χ0) is 20.5. The lowest BCUT2D eigenvalue weighted by Crippen LogP contribution is -2.22. The van der Waals surface area contributed by atoms with E-state index in [9.17, 15) is 4.79 Å². The normalized spacial score (nSPS) is 10.3. The van der Waals surface area contributed by atoms with Crippen molar-refractivity contribution in [3.05, 3.63) is 83.9 Å². The van der Waals surface area contributed by atoms with E-state index in [1.165, 1.54) is 5.56 Å². The van der Waals surface area contributed by atoms with Crippen LogP contribution in [0.15, 0.2) is 72.8 Å². The monoisotopic (exact) mass is 390 g/mol. The summed E-state index contributed by atoms with van der Waals surface area (Å²) >= 11 is 0. The molecular weight excluding hydrogens is 364 g/mol. The van der Waals surface area contributed by atoms with E-state index in [4.69, 9.17) is 9.47 Å². The van der Waals surface area contributed by atoms with E-state index in [0.717, 1.165) is 22.7 Å². The summed E-state index contributed by atoms with van der Waals surface area (Å²) in [7, 11) is 0. The number of benzene rings is 3. The fraction of sp³-hybridized carbons (Fsp3) is 0.208. The first-order chi connectivity index (χ1) is 14.1. The molecule has 5 nitrogen and oxygen atoms in total. The van der Waals surface area contributed by atoms with Crippen LogP contribution >= 0.6 is 0 Å². The molecule has 2 N–H and O–H groups in total. The molecular formula is C24H26N2O3. The highest BCUT2D eigenvalue weighted by molar-refractivity contribution is 5.94. The van der Waals surface area contributed by atoms with Gasteiger partial charge in [0.05, 0.1) is 12.2 Å². The van der Waals surface area contributed by atoms with Crippen molar-refractivity contribution < 1.29 is 14.3 Å². The third-order valence-corrected chi connectivity index (χ3v) is 4.47. The summed E-state index contributed by atoms with van der Waals surface area (Å²) in [6, 6.07) is 23.0. The Morgan fingerprint density at radius 2 is 1.55 bits per heavy atom. The van der Waals surface area contributed by atoms with Gasteiger partial charge in [0.15, 0.2) is 0 Å². The highest BCUT2D eigenvalue weighted by Crippen LogP contribution is 2.23. The fourth-order valence-electron chi connectivity index (χ4n) is 2.77. The van der Waals surface area contributed by atoms with E-state index in [1.54, 1.807) is 0 Å². The number of hydrogen-bond donors (Lipinski definition) is 2. The predicted octanol–water partition coefficient (Wildman–Crippen LogP) is 4.81. The smallest absolute Gasteiger partial charge is 0.243 e. The zero-order valence-electron chi connectivity index (χ0n) is 16.8. The summed E-state index contributed by atoms with van der Waals surface area (Å²) in [6.07, 6.45) is 0. The summed E-state index contributed by atoms with van der Waals surface area (Å²) in [6.45, 7) is 5.06. The second-order valence-corrected chi connectivity index (χ2v) is 6.71. The van der Waals surface area contributed by atoms with Gasteiger partial charge in [-0.15, -0.1) is 0 Å². The number of aryl methyl sites for hydroxylation is 2. The van der Waals surface area contributed by atoms with Crippen LogP contribution in [-0.2, 0) is 4.79 Å². The van der Waals surface area contributed by atoms with Crippen molar-refractivity contribution in [2.45, 2.75) is 13.8 Å². The predicted molar refractivity (Wildman–Crippen MR) is 117 cm³/mol. The maximum atomic E-state index is 12.3. The molecule has 0 heterocycles. The SMILES string of the molecule is Cc1ccc(NC(=O)CNc2ccccc2OCCOc2ccccc2)cc1C. The number of rotatable bonds is 9. The molecule has 0 atom stereocenters. The average molecular weight is 390 g/mol. The van der Waals surface area contributed by atoms with Crippen LogP contribution < -0.4 is 20.1 Å². The lowest BCUT2D eigenvalue weighted by atomic mass is 10.1. The Morgan fingerprint density at radius 1 is 0.828 bits per heavy atom. The molecule has 0 aliphatic carbocycles. The number of anilines is 2. The standard InChI is InChI=1S/C24H26N2O3/c1-18-12-13-20(16-19(18)2)26-24(27)17-25-22-10-6-7-11-23(22)29-15-14-28-21-8-4-3-5-9-21/h3-13,16,25H,14-15,17H2,1-2H3,(H,26,27). The summed E-state index contributed by atoms with van der Waals surface area (Å²) in [5.41, 5.74) is 3.90. The Morgan fingerprint density at radius 3 is 2.34 bits per heavy atom. The molecule has 0 saturated heterocycles. The van der Waals surface area contributed by atoms with Crippen LogP contribution in [0.5, 0.6) is 11.5 Å². The summed E-state index contributed by atoms with van der Waals surface area (Å²) in [5.74, 6) is 1.38. The molecule has 0 radical (unpaired) electrons. The maximum Gasteiger partial charge on any atom is 0.243 e. The minimum Gasteiger partial charge on any atom is -0.490 e. The van der Waals surface area contributed by atoms with Crippen LogP contribution in [0.25, 0.3) is 0 Å². The van der Waals surface area contributed by atoms with Crippen molar-refractivity contribution >= 4 is 17.3 Å².